The van der Waals surface area contributed by atoms with Crippen molar-refractivity contribution < 1.29 is 0 Å². The first-order valence-electron chi connectivity index (χ1n) is 13.2. The lowest BCUT2D eigenvalue weighted by Gasteiger charge is -2.33. The van der Waals surface area contributed by atoms with Crippen LogP contribution in [-0.4, -0.2) is 12.1 Å². The molecule has 2 unspecified atom stereocenters. The van der Waals surface area contributed by atoms with Crippen LogP contribution in [0, 0.1) is 11.8 Å². The zero-order valence-corrected chi connectivity index (χ0v) is 18.4. The van der Waals surface area contributed by atoms with Crippen LogP contribution in [0.3, 0.4) is 0 Å². The van der Waals surface area contributed by atoms with Gasteiger partial charge in [-0.25, -0.2) is 0 Å². The Bertz CT molecular complexity index is 343. The molecule has 3 fully saturated rings. The number of hydrogen-bond acceptors (Lipinski definition) is 1. The molecule has 0 spiro atoms. The molecule has 3 saturated carbocycles. The molecule has 0 bridgehead atoms. The minimum atomic E-state index is 0.830. The molecule has 158 valence electrons. The molecule has 1 N–H and O–H groups in total. The van der Waals surface area contributed by atoms with E-state index >= 15 is 0 Å². The zero-order valence-electron chi connectivity index (χ0n) is 18.4. The topological polar surface area (TPSA) is 12.0 Å². The molecule has 0 aromatic carbocycles. The summed E-state index contributed by atoms with van der Waals surface area (Å²) in [5.74, 6) is 2.03. The molecular weight excluding hydrogens is 326 g/mol. The number of nitrogens with one attached hydrogen (secondary N) is 1. The summed E-state index contributed by atoms with van der Waals surface area (Å²) in [7, 11) is 0. The zero-order chi connectivity index (χ0) is 18.6. The highest BCUT2D eigenvalue weighted by Crippen LogP contribution is 2.38. The van der Waals surface area contributed by atoms with Crippen molar-refractivity contribution in [2.24, 2.45) is 11.8 Å². The van der Waals surface area contributed by atoms with Crippen molar-refractivity contribution >= 4 is 0 Å². The predicted octanol–water partition coefficient (Wildman–Crippen LogP) is 8.17. The van der Waals surface area contributed by atoms with Gasteiger partial charge in [0.05, 0.1) is 0 Å². The van der Waals surface area contributed by atoms with Gasteiger partial charge in [-0.15, -0.1) is 0 Å². The second kappa shape index (κ2) is 13.2. The van der Waals surface area contributed by atoms with E-state index in [1.807, 2.05) is 0 Å². The molecule has 0 aromatic heterocycles. The first-order valence-corrected chi connectivity index (χ1v) is 13.2. The summed E-state index contributed by atoms with van der Waals surface area (Å²) < 4.78 is 0. The average molecular weight is 376 g/mol. The second-order valence-electron chi connectivity index (χ2n) is 10.3. The Hall–Kier alpha value is -0.0400. The largest absolute Gasteiger partial charge is 0.311 e. The van der Waals surface area contributed by atoms with Gasteiger partial charge in [0.15, 0.2) is 0 Å². The van der Waals surface area contributed by atoms with Gasteiger partial charge < -0.3 is 5.32 Å². The second-order valence-corrected chi connectivity index (χ2v) is 10.3. The van der Waals surface area contributed by atoms with Crippen molar-refractivity contribution in [3.05, 3.63) is 0 Å². The van der Waals surface area contributed by atoms with Gasteiger partial charge in [-0.1, -0.05) is 116 Å². The third-order valence-electron chi connectivity index (χ3n) is 8.13. The summed E-state index contributed by atoms with van der Waals surface area (Å²) >= 11 is 0. The minimum Gasteiger partial charge on any atom is -0.311 e. The monoisotopic (exact) mass is 375 g/mol. The molecule has 0 heterocycles. The fourth-order valence-corrected chi connectivity index (χ4v) is 6.49. The number of rotatable bonds is 3. The summed E-state index contributed by atoms with van der Waals surface area (Å²) in [6.07, 6.45) is 32.9. The van der Waals surface area contributed by atoms with Crippen molar-refractivity contribution in [3.63, 3.8) is 0 Å². The molecule has 1 heteroatoms. The van der Waals surface area contributed by atoms with E-state index in [0.29, 0.717) is 0 Å². The van der Waals surface area contributed by atoms with E-state index in [-0.39, 0.29) is 0 Å². The molecular formula is C26H49N. The molecule has 0 aliphatic heterocycles. The van der Waals surface area contributed by atoms with E-state index in [4.69, 9.17) is 0 Å². The fourth-order valence-electron chi connectivity index (χ4n) is 6.49. The van der Waals surface area contributed by atoms with Crippen LogP contribution in [0.1, 0.15) is 141 Å². The van der Waals surface area contributed by atoms with Crippen molar-refractivity contribution in [2.75, 3.05) is 0 Å². The highest BCUT2D eigenvalue weighted by molar-refractivity contribution is 4.90. The molecule has 0 aromatic rings. The van der Waals surface area contributed by atoms with Crippen LogP contribution < -0.4 is 5.32 Å². The molecule has 0 saturated heterocycles. The van der Waals surface area contributed by atoms with Crippen LogP contribution >= 0.6 is 0 Å². The van der Waals surface area contributed by atoms with Gasteiger partial charge in [-0.3, -0.25) is 0 Å². The van der Waals surface area contributed by atoms with Gasteiger partial charge in [-0.2, -0.15) is 0 Å². The SMILES string of the molecule is C1CCCCC(NC2CCCC2C2CCCCCCCCCC2)CCCC1. The van der Waals surface area contributed by atoms with E-state index in [1.165, 1.54) is 141 Å². The standard InChI is InChI=1S/C26H49N/c1-2-5-9-13-18-23(17-12-8-4-1)25-21-16-22-26(25)27-24-19-14-10-6-3-7-11-15-20-24/h23-27H,1-22H2. The van der Waals surface area contributed by atoms with Crippen LogP contribution in [0.4, 0.5) is 0 Å². The van der Waals surface area contributed by atoms with Gasteiger partial charge in [0, 0.05) is 12.1 Å². The highest BCUT2D eigenvalue weighted by atomic mass is 15.0. The summed E-state index contributed by atoms with van der Waals surface area (Å²) in [6, 6.07) is 1.68. The molecule has 1 nitrogen and oxygen atoms in total. The first kappa shape index (κ1) is 21.7. The van der Waals surface area contributed by atoms with Gasteiger partial charge in [0.25, 0.3) is 0 Å². The first-order chi connectivity index (χ1) is 13.4. The molecule has 3 aliphatic carbocycles. The molecule has 3 aliphatic rings. The lowest BCUT2D eigenvalue weighted by molar-refractivity contribution is 0.221. The lowest BCUT2D eigenvalue weighted by Crippen LogP contribution is -2.42. The number of hydrogen-bond donors (Lipinski definition) is 1. The van der Waals surface area contributed by atoms with E-state index in [1.54, 1.807) is 0 Å². The maximum absolute atomic E-state index is 4.26. The van der Waals surface area contributed by atoms with Gasteiger partial charge in [0.2, 0.25) is 0 Å². The van der Waals surface area contributed by atoms with Crippen molar-refractivity contribution in [2.45, 2.75) is 153 Å². The quantitative estimate of drug-likeness (QED) is 0.524. The molecule has 0 amide bonds. The third kappa shape index (κ3) is 8.08. The summed E-state index contributed by atoms with van der Waals surface area (Å²) in [4.78, 5) is 0. The Labute approximate surface area is 170 Å². The molecule has 27 heavy (non-hydrogen) atoms. The van der Waals surface area contributed by atoms with Crippen LogP contribution in [0.25, 0.3) is 0 Å². The third-order valence-corrected chi connectivity index (χ3v) is 8.13. The minimum absolute atomic E-state index is 0.830. The van der Waals surface area contributed by atoms with Crippen molar-refractivity contribution in [3.8, 4) is 0 Å². The van der Waals surface area contributed by atoms with Gasteiger partial charge >= 0.3 is 0 Å². The summed E-state index contributed by atoms with van der Waals surface area (Å²) in [5.41, 5.74) is 0. The highest BCUT2D eigenvalue weighted by Gasteiger charge is 2.34. The normalized spacial score (nSPS) is 32.0. The van der Waals surface area contributed by atoms with Crippen LogP contribution in [0.2, 0.25) is 0 Å². The van der Waals surface area contributed by atoms with Gasteiger partial charge in [-0.05, 0) is 37.5 Å². The van der Waals surface area contributed by atoms with Crippen molar-refractivity contribution in [1.29, 1.82) is 0 Å². The van der Waals surface area contributed by atoms with Gasteiger partial charge in [0.1, 0.15) is 0 Å². The molecule has 0 radical (unpaired) electrons. The van der Waals surface area contributed by atoms with E-state index in [9.17, 15) is 0 Å². The average Bonchev–Trinajstić information content (AvgIpc) is 3.11. The van der Waals surface area contributed by atoms with E-state index in [2.05, 4.69) is 5.32 Å². The lowest BCUT2D eigenvalue weighted by atomic mass is 9.80. The van der Waals surface area contributed by atoms with E-state index < -0.39 is 0 Å². The fraction of sp³-hybridized carbons (Fsp3) is 1.00. The van der Waals surface area contributed by atoms with Crippen LogP contribution in [0.15, 0.2) is 0 Å². The smallest absolute Gasteiger partial charge is 0.0101 e. The van der Waals surface area contributed by atoms with Crippen molar-refractivity contribution in [1.82, 2.24) is 5.32 Å². The summed E-state index contributed by atoms with van der Waals surface area (Å²) in [6.45, 7) is 0. The maximum Gasteiger partial charge on any atom is 0.0101 e. The Morgan fingerprint density at radius 1 is 0.370 bits per heavy atom. The molecule has 2 atom stereocenters. The van der Waals surface area contributed by atoms with Crippen LogP contribution in [0.5, 0.6) is 0 Å². The Morgan fingerprint density at radius 2 is 0.815 bits per heavy atom. The predicted molar refractivity (Wildman–Crippen MR) is 119 cm³/mol. The molecule has 3 rings (SSSR count). The Morgan fingerprint density at radius 3 is 1.33 bits per heavy atom. The van der Waals surface area contributed by atoms with E-state index in [0.717, 1.165) is 23.9 Å². The van der Waals surface area contributed by atoms with Crippen LogP contribution in [-0.2, 0) is 0 Å². The summed E-state index contributed by atoms with van der Waals surface area (Å²) in [5, 5.41) is 4.26. The Kier molecular flexibility index (Phi) is 10.6. The maximum atomic E-state index is 4.26. The Balaban J connectivity index is 1.51.